The van der Waals surface area contributed by atoms with Crippen LogP contribution in [0.4, 0.5) is 0 Å². The average molecular weight is 281 g/mol. The highest BCUT2D eigenvalue weighted by molar-refractivity contribution is 9.10. The maximum atomic E-state index is 10.5. The molecule has 2 heteroatoms. The molecule has 3 rings (SSSR count). The summed E-state index contributed by atoms with van der Waals surface area (Å²) in [4.78, 5) is 0. The molecule has 2 saturated carbocycles. The van der Waals surface area contributed by atoms with Gasteiger partial charge in [-0.2, -0.15) is 0 Å². The molecule has 86 valence electrons. The summed E-state index contributed by atoms with van der Waals surface area (Å²) in [6, 6.07) is 10.1. The van der Waals surface area contributed by atoms with Gasteiger partial charge in [-0.05, 0) is 30.2 Å². The largest absolute Gasteiger partial charge is 0.387 e. The molecule has 1 N–H and O–H groups in total. The quantitative estimate of drug-likeness (QED) is 0.820. The van der Waals surface area contributed by atoms with Gasteiger partial charge in [-0.1, -0.05) is 59.1 Å². The van der Waals surface area contributed by atoms with Crippen molar-refractivity contribution in [3.8, 4) is 0 Å². The zero-order valence-electron chi connectivity index (χ0n) is 9.27. The van der Waals surface area contributed by atoms with E-state index >= 15 is 0 Å². The van der Waals surface area contributed by atoms with Crippen LogP contribution < -0.4 is 0 Å². The van der Waals surface area contributed by atoms with E-state index in [2.05, 4.69) is 15.9 Å². The number of aliphatic hydroxyl groups excluding tert-OH is 1. The van der Waals surface area contributed by atoms with Gasteiger partial charge in [0, 0.05) is 0 Å². The molecule has 2 unspecified atom stereocenters. The Kier molecular flexibility index (Phi) is 2.60. The molecule has 0 spiro atoms. The summed E-state index contributed by atoms with van der Waals surface area (Å²) in [5.74, 6) is 1.38. The lowest BCUT2D eigenvalue weighted by molar-refractivity contribution is 0.159. The van der Waals surface area contributed by atoms with Crippen LogP contribution in [0.15, 0.2) is 30.3 Å². The molecule has 0 heterocycles. The van der Waals surface area contributed by atoms with Crippen molar-refractivity contribution >= 4 is 15.9 Å². The van der Waals surface area contributed by atoms with Crippen molar-refractivity contribution in [1.82, 2.24) is 0 Å². The predicted molar refractivity (Wildman–Crippen MR) is 68.5 cm³/mol. The van der Waals surface area contributed by atoms with E-state index in [1.54, 1.807) is 0 Å². The molecule has 1 aromatic rings. The summed E-state index contributed by atoms with van der Waals surface area (Å²) < 4.78 is -0.0230. The lowest BCUT2D eigenvalue weighted by atomic mass is 10.0. The Labute approximate surface area is 105 Å². The summed E-state index contributed by atoms with van der Waals surface area (Å²) in [7, 11) is 0. The van der Waals surface area contributed by atoms with Crippen LogP contribution in [0.3, 0.4) is 0 Å². The van der Waals surface area contributed by atoms with Gasteiger partial charge in [0.15, 0.2) is 0 Å². The molecule has 2 fully saturated rings. The van der Waals surface area contributed by atoms with Gasteiger partial charge in [0.2, 0.25) is 0 Å². The number of rotatable bonds is 2. The topological polar surface area (TPSA) is 20.2 Å². The summed E-state index contributed by atoms with van der Waals surface area (Å²) in [6.07, 6.45) is 4.87. The summed E-state index contributed by atoms with van der Waals surface area (Å²) in [6.45, 7) is 0. The molecule has 0 bridgehead atoms. The number of halogens is 1. The lowest BCUT2D eigenvalue weighted by Gasteiger charge is -2.18. The van der Waals surface area contributed by atoms with Gasteiger partial charge in [0.05, 0.1) is 10.4 Å². The third-order valence-electron chi connectivity index (χ3n) is 4.33. The Morgan fingerprint density at radius 2 is 1.69 bits per heavy atom. The van der Waals surface area contributed by atoms with Gasteiger partial charge < -0.3 is 5.11 Å². The van der Waals surface area contributed by atoms with Gasteiger partial charge in [-0.3, -0.25) is 0 Å². The maximum absolute atomic E-state index is 10.5. The van der Waals surface area contributed by atoms with Gasteiger partial charge in [0.1, 0.15) is 0 Å². The number of benzene rings is 1. The van der Waals surface area contributed by atoms with E-state index in [4.69, 9.17) is 0 Å². The summed E-state index contributed by atoms with van der Waals surface area (Å²) >= 11 is 3.84. The number of alkyl halides is 1. The molecule has 1 nitrogen and oxygen atoms in total. The summed E-state index contributed by atoms with van der Waals surface area (Å²) in [5, 5.41) is 10.5. The molecule has 0 aromatic heterocycles. The Balaban J connectivity index is 1.83. The highest BCUT2D eigenvalue weighted by Crippen LogP contribution is 2.68. The molecule has 2 aliphatic rings. The molecule has 2 aliphatic carbocycles. The second-order valence-corrected chi connectivity index (χ2v) is 6.51. The molecular formula is C14H17BrO. The summed E-state index contributed by atoms with van der Waals surface area (Å²) in [5.41, 5.74) is 1.05. The fraction of sp³-hybridized carbons (Fsp3) is 0.571. The average Bonchev–Trinajstić information content (AvgIpc) is 2.98. The van der Waals surface area contributed by atoms with Crippen LogP contribution in [0, 0.1) is 11.8 Å². The molecule has 0 aliphatic heterocycles. The smallest absolute Gasteiger partial charge is 0.0948 e. The first kappa shape index (κ1) is 10.8. The van der Waals surface area contributed by atoms with Gasteiger partial charge in [-0.25, -0.2) is 0 Å². The standard InChI is InChI=1S/C14H17BrO/c15-14(11-8-4-5-9-12(11)14)13(16)10-6-2-1-3-7-10/h1-3,6-7,11-13,16H,4-5,8-9H2/t11-,12+,13?,14?. The van der Waals surface area contributed by atoms with Crippen LogP contribution >= 0.6 is 15.9 Å². The molecule has 16 heavy (non-hydrogen) atoms. The second kappa shape index (κ2) is 3.85. The molecule has 0 saturated heterocycles. The van der Waals surface area contributed by atoms with Crippen LogP contribution in [0.1, 0.15) is 37.4 Å². The molecule has 4 atom stereocenters. The first-order chi connectivity index (χ1) is 7.74. The lowest BCUT2D eigenvalue weighted by Crippen LogP contribution is -2.17. The zero-order valence-corrected chi connectivity index (χ0v) is 10.9. The first-order valence-corrected chi connectivity index (χ1v) is 6.96. The van der Waals surface area contributed by atoms with Gasteiger partial charge in [0.25, 0.3) is 0 Å². The van der Waals surface area contributed by atoms with E-state index in [1.807, 2.05) is 30.3 Å². The Morgan fingerprint density at radius 1 is 1.12 bits per heavy atom. The molecule has 0 amide bonds. The molecule has 0 radical (unpaired) electrons. The number of hydrogen-bond donors (Lipinski definition) is 1. The molecular weight excluding hydrogens is 264 g/mol. The van der Waals surface area contributed by atoms with Crippen LogP contribution in [0.25, 0.3) is 0 Å². The minimum atomic E-state index is -0.346. The third-order valence-corrected chi connectivity index (χ3v) is 5.94. The van der Waals surface area contributed by atoms with E-state index in [0.717, 1.165) is 5.56 Å². The normalized spacial score (nSPS) is 38.9. The first-order valence-electron chi connectivity index (χ1n) is 6.16. The highest BCUT2D eigenvalue weighted by Gasteiger charge is 2.66. The van der Waals surface area contributed by atoms with Crippen LogP contribution in [0.5, 0.6) is 0 Å². The van der Waals surface area contributed by atoms with Crippen molar-refractivity contribution in [3.05, 3.63) is 35.9 Å². The SMILES string of the molecule is OC(c1ccccc1)C1(Br)[C@@H]2CCCC[C@@H]21. The van der Waals surface area contributed by atoms with Gasteiger partial charge in [-0.15, -0.1) is 0 Å². The zero-order chi connectivity index (χ0) is 11.2. The third kappa shape index (κ3) is 1.46. The predicted octanol–water partition coefficient (Wildman–Crippen LogP) is 3.67. The fourth-order valence-corrected chi connectivity index (χ4v) is 4.62. The van der Waals surface area contributed by atoms with Gasteiger partial charge >= 0.3 is 0 Å². The van der Waals surface area contributed by atoms with E-state index < -0.39 is 0 Å². The van der Waals surface area contributed by atoms with Crippen molar-refractivity contribution in [2.24, 2.45) is 11.8 Å². The maximum Gasteiger partial charge on any atom is 0.0948 e. The fourth-order valence-electron chi connectivity index (χ4n) is 3.39. The van der Waals surface area contributed by atoms with Crippen LogP contribution in [0.2, 0.25) is 0 Å². The van der Waals surface area contributed by atoms with Crippen molar-refractivity contribution < 1.29 is 5.11 Å². The number of aliphatic hydroxyl groups is 1. The second-order valence-electron chi connectivity index (χ2n) is 5.14. The van der Waals surface area contributed by atoms with E-state index in [-0.39, 0.29) is 10.4 Å². The van der Waals surface area contributed by atoms with Crippen LogP contribution in [-0.4, -0.2) is 9.43 Å². The Morgan fingerprint density at radius 3 is 2.25 bits per heavy atom. The monoisotopic (exact) mass is 280 g/mol. The van der Waals surface area contributed by atoms with Crippen molar-refractivity contribution in [2.75, 3.05) is 0 Å². The van der Waals surface area contributed by atoms with E-state index in [1.165, 1.54) is 25.7 Å². The number of hydrogen-bond acceptors (Lipinski definition) is 1. The van der Waals surface area contributed by atoms with Crippen molar-refractivity contribution in [1.29, 1.82) is 0 Å². The highest BCUT2D eigenvalue weighted by atomic mass is 79.9. The van der Waals surface area contributed by atoms with Crippen LogP contribution in [-0.2, 0) is 0 Å². The van der Waals surface area contributed by atoms with E-state index in [0.29, 0.717) is 11.8 Å². The minimum Gasteiger partial charge on any atom is -0.387 e. The number of fused-ring (bicyclic) bond motifs is 1. The minimum absolute atomic E-state index is 0.0230. The Hall–Kier alpha value is -0.340. The Bertz CT molecular complexity index is 364. The molecule has 1 aromatic carbocycles. The van der Waals surface area contributed by atoms with Crippen molar-refractivity contribution in [2.45, 2.75) is 36.1 Å². The van der Waals surface area contributed by atoms with E-state index in [9.17, 15) is 5.11 Å². The van der Waals surface area contributed by atoms with Crippen molar-refractivity contribution in [3.63, 3.8) is 0 Å².